The first-order valence-electron chi connectivity index (χ1n) is 5.83. The summed E-state index contributed by atoms with van der Waals surface area (Å²) in [5.41, 5.74) is 1.69. The summed E-state index contributed by atoms with van der Waals surface area (Å²) in [6, 6.07) is 4.61. The molecule has 2 nitrogen and oxygen atoms in total. The van der Waals surface area contributed by atoms with Crippen LogP contribution in [0.2, 0.25) is 0 Å². The zero-order valence-corrected chi connectivity index (χ0v) is 9.54. The van der Waals surface area contributed by atoms with Crippen LogP contribution in [-0.2, 0) is 0 Å². The molecule has 88 valence electrons. The maximum Gasteiger partial charge on any atom is 0.123 e. The predicted octanol–water partition coefficient (Wildman–Crippen LogP) is 2.17. The maximum atomic E-state index is 13.1. The summed E-state index contributed by atoms with van der Waals surface area (Å²) < 4.78 is 13.1. The van der Waals surface area contributed by atoms with Crippen molar-refractivity contribution < 1.29 is 9.50 Å². The summed E-state index contributed by atoms with van der Waals surface area (Å²) in [7, 11) is 0. The molecule has 1 aliphatic heterocycles. The highest BCUT2D eigenvalue weighted by atomic mass is 19.1. The molecule has 2 N–H and O–H groups in total. The lowest BCUT2D eigenvalue weighted by molar-refractivity contribution is 0.0913. The average Bonchev–Trinajstić information content (AvgIpc) is 2.32. The van der Waals surface area contributed by atoms with E-state index in [1.54, 1.807) is 6.07 Å². The highest BCUT2D eigenvalue weighted by molar-refractivity contribution is 5.29. The van der Waals surface area contributed by atoms with Crippen LogP contribution in [0.3, 0.4) is 0 Å². The molecular formula is C13H18FNO. The quantitative estimate of drug-likeness (QED) is 0.805. The van der Waals surface area contributed by atoms with Crippen LogP contribution in [0.4, 0.5) is 4.39 Å². The van der Waals surface area contributed by atoms with Crippen LogP contribution in [0.1, 0.15) is 30.1 Å². The van der Waals surface area contributed by atoms with E-state index in [1.165, 1.54) is 12.1 Å². The lowest BCUT2D eigenvalue weighted by atomic mass is 9.87. The first-order valence-corrected chi connectivity index (χ1v) is 5.83. The smallest absolute Gasteiger partial charge is 0.123 e. The van der Waals surface area contributed by atoms with Gasteiger partial charge in [0.25, 0.3) is 0 Å². The number of aryl methyl sites for hydroxylation is 1. The van der Waals surface area contributed by atoms with Crippen molar-refractivity contribution in [3.63, 3.8) is 0 Å². The number of nitrogens with one attached hydrogen (secondary N) is 1. The fourth-order valence-corrected chi connectivity index (χ4v) is 2.33. The Hall–Kier alpha value is -0.930. The zero-order valence-electron chi connectivity index (χ0n) is 9.54. The molecule has 3 heteroatoms. The highest BCUT2D eigenvalue weighted by Gasteiger charge is 2.24. The van der Waals surface area contributed by atoms with E-state index in [-0.39, 0.29) is 11.7 Å². The van der Waals surface area contributed by atoms with Crippen molar-refractivity contribution in [2.24, 2.45) is 5.92 Å². The third-order valence-electron chi connectivity index (χ3n) is 3.34. The van der Waals surface area contributed by atoms with Crippen molar-refractivity contribution in [1.29, 1.82) is 0 Å². The van der Waals surface area contributed by atoms with E-state index in [4.69, 9.17) is 0 Å². The molecule has 0 radical (unpaired) electrons. The largest absolute Gasteiger partial charge is 0.388 e. The molecule has 1 aliphatic rings. The van der Waals surface area contributed by atoms with E-state index in [2.05, 4.69) is 5.32 Å². The Morgan fingerprint density at radius 1 is 1.50 bits per heavy atom. The van der Waals surface area contributed by atoms with Crippen molar-refractivity contribution >= 4 is 0 Å². The first kappa shape index (κ1) is 11.6. The van der Waals surface area contributed by atoms with E-state index in [0.717, 1.165) is 37.1 Å². The van der Waals surface area contributed by atoms with Gasteiger partial charge in [0.05, 0.1) is 6.10 Å². The Morgan fingerprint density at radius 3 is 3.00 bits per heavy atom. The van der Waals surface area contributed by atoms with Crippen molar-refractivity contribution in [3.8, 4) is 0 Å². The highest BCUT2D eigenvalue weighted by Crippen LogP contribution is 2.29. The Morgan fingerprint density at radius 2 is 2.31 bits per heavy atom. The molecule has 1 aromatic carbocycles. The number of benzene rings is 1. The monoisotopic (exact) mass is 223 g/mol. The molecule has 0 saturated carbocycles. The molecule has 0 spiro atoms. The van der Waals surface area contributed by atoms with Crippen LogP contribution >= 0.6 is 0 Å². The van der Waals surface area contributed by atoms with Gasteiger partial charge in [0, 0.05) is 12.5 Å². The second-order valence-corrected chi connectivity index (χ2v) is 4.55. The van der Waals surface area contributed by atoms with Gasteiger partial charge in [-0.15, -0.1) is 0 Å². The van der Waals surface area contributed by atoms with Gasteiger partial charge in [0.1, 0.15) is 5.82 Å². The SMILES string of the molecule is Cc1ccc(F)cc1[C@H](O)C1CCCNC1. The van der Waals surface area contributed by atoms with Crippen LogP contribution in [-0.4, -0.2) is 18.2 Å². The minimum absolute atomic E-state index is 0.203. The van der Waals surface area contributed by atoms with Gasteiger partial charge in [-0.3, -0.25) is 0 Å². The predicted molar refractivity (Wildman–Crippen MR) is 61.7 cm³/mol. The fraction of sp³-hybridized carbons (Fsp3) is 0.538. The number of aliphatic hydroxyl groups excluding tert-OH is 1. The van der Waals surface area contributed by atoms with Crippen LogP contribution < -0.4 is 5.32 Å². The van der Waals surface area contributed by atoms with Crippen LogP contribution in [0.5, 0.6) is 0 Å². The molecule has 0 aromatic heterocycles. The van der Waals surface area contributed by atoms with E-state index in [1.807, 2.05) is 6.92 Å². The third-order valence-corrected chi connectivity index (χ3v) is 3.34. The minimum Gasteiger partial charge on any atom is -0.388 e. The molecule has 1 heterocycles. The van der Waals surface area contributed by atoms with Crippen LogP contribution in [0, 0.1) is 18.7 Å². The lowest BCUT2D eigenvalue weighted by Gasteiger charge is -2.28. The van der Waals surface area contributed by atoms with Gasteiger partial charge in [0.2, 0.25) is 0 Å². The van der Waals surface area contributed by atoms with Gasteiger partial charge >= 0.3 is 0 Å². The zero-order chi connectivity index (χ0) is 11.5. The summed E-state index contributed by atoms with van der Waals surface area (Å²) in [6.07, 6.45) is 1.53. The normalized spacial score (nSPS) is 23.1. The van der Waals surface area contributed by atoms with Gasteiger partial charge < -0.3 is 10.4 Å². The summed E-state index contributed by atoms with van der Waals surface area (Å²) in [5, 5.41) is 13.5. The van der Waals surface area contributed by atoms with Crippen molar-refractivity contribution in [2.75, 3.05) is 13.1 Å². The number of halogens is 1. The molecular weight excluding hydrogens is 205 g/mol. The summed E-state index contributed by atoms with van der Waals surface area (Å²) in [5.74, 6) is -0.0716. The third kappa shape index (κ3) is 2.42. The van der Waals surface area contributed by atoms with E-state index >= 15 is 0 Å². The van der Waals surface area contributed by atoms with Gasteiger partial charge in [-0.1, -0.05) is 6.07 Å². The van der Waals surface area contributed by atoms with Gasteiger partial charge in [-0.05, 0) is 49.6 Å². The van der Waals surface area contributed by atoms with Crippen LogP contribution in [0.25, 0.3) is 0 Å². The minimum atomic E-state index is -0.552. The first-order chi connectivity index (χ1) is 7.68. The molecule has 16 heavy (non-hydrogen) atoms. The topological polar surface area (TPSA) is 32.3 Å². The van der Waals surface area contributed by atoms with E-state index < -0.39 is 6.10 Å². The van der Waals surface area contributed by atoms with E-state index in [9.17, 15) is 9.50 Å². The standard InChI is InChI=1S/C13H18FNO/c1-9-4-5-11(14)7-12(9)13(16)10-3-2-6-15-8-10/h4-5,7,10,13,15-16H,2-3,6,8H2,1H3/t10?,13-/m1/s1. The number of rotatable bonds is 2. The number of aliphatic hydroxyl groups is 1. The van der Waals surface area contributed by atoms with Gasteiger partial charge in [-0.2, -0.15) is 0 Å². The number of hydrogen-bond acceptors (Lipinski definition) is 2. The van der Waals surface area contributed by atoms with Crippen molar-refractivity contribution in [2.45, 2.75) is 25.9 Å². The molecule has 1 saturated heterocycles. The molecule has 1 unspecified atom stereocenters. The molecule has 2 atom stereocenters. The Bertz CT molecular complexity index is 361. The van der Waals surface area contributed by atoms with Gasteiger partial charge in [-0.25, -0.2) is 4.39 Å². The molecule has 1 aromatic rings. The van der Waals surface area contributed by atoms with Crippen LogP contribution in [0.15, 0.2) is 18.2 Å². The van der Waals surface area contributed by atoms with Gasteiger partial charge in [0.15, 0.2) is 0 Å². The summed E-state index contributed by atoms with van der Waals surface area (Å²) in [6.45, 7) is 3.75. The molecule has 2 rings (SSSR count). The summed E-state index contributed by atoms with van der Waals surface area (Å²) >= 11 is 0. The number of piperidine rings is 1. The average molecular weight is 223 g/mol. The van der Waals surface area contributed by atoms with E-state index in [0.29, 0.717) is 0 Å². The molecule has 1 fully saturated rings. The Labute approximate surface area is 95.5 Å². The second-order valence-electron chi connectivity index (χ2n) is 4.55. The Kier molecular flexibility index (Phi) is 3.56. The number of hydrogen-bond donors (Lipinski definition) is 2. The fourth-order valence-electron chi connectivity index (χ4n) is 2.33. The molecule has 0 amide bonds. The molecule has 0 bridgehead atoms. The maximum absolute atomic E-state index is 13.1. The Balaban J connectivity index is 2.18. The van der Waals surface area contributed by atoms with Crippen molar-refractivity contribution in [3.05, 3.63) is 35.1 Å². The molecule has 0 aliphatic carbocycles. The second kappa shape index (κ2) is 4.93. The van der Waals surface area contributed by atoms with Crippen molar-refractivity contribution in [1.82, 2.24) is 5.32 Å². The lowest BCUT2D eigenvalue weighted by Crippen LogP contribution is -2.33. The summed E-state index contributed by atoms with van der Waals surface area (Å²) in [4.78, 5) is 0.